The van der Waals surface area contributed by atoms with Crippen LogP contribution in [-0.2, 0) is 0 Å². The van der Waals surface area contributed by atoms with Crippen LogP contribution in [0.15, 0.2) is 0 Å². The van der Waals surface area contributed by atoms with Crippen molar-refractivity contribution in [1.82, 2.24) is 0 Å². The molecule has 0 aromatic heterocycles. The first kappa shape index (κ1) is 7.16. The minimum Gasteiger partial charge on any atom is -0.198 e. The molecule has 2 fully saturated rings. The first-order valence-corrected chi connectivity index (χ1v) is 4.67. The maximum atomic E-state index is 9.02. The Hall–Kier alpha value is -0.510. The maximum absolute atomic E-state index is 9.02. The molecule has 0 spiro atoms. The van der Waals surface area contributed by atoms with Gasteiger partial charge >= 0.3 is 0 Å². The Balaban J connectivity index is 2.22. The molecular weight excluding hydrogens is 134 g/mol. The number of nitriles is 1. The van der Waals surface area contributed by atoms with Gasteiger partial charge in [-0.1, -0.05) is 12.8 Å². The summed E-state index contributed by atoms with van der Waals surface area (Å²) < 4.78 is 0. The molecule has 60 valence electrons. The molecular formula is C10H15N. The lowest BCUT2D eigenvalue weighted by molar-refractivity contribution is 0.293. The summed E-state index contributed by atoms with van der Waals surface area (Å²) in [5.41, 5.74) is 0.0428. The summed E-state index contributed by atoms with van der Waals surface area (Å²) >= 11 is 0. The summed E-state index contributed by atoms with van der Waals surface area (Å²) in [7, 11) is 0. The van der Waals surface area contributed by atoms with Crippen LogP contribution in [0.2, 0.25) is 0 Å². The standard InChI is InChI=1S/C10H15N/c1-10(7-11)6-5-8-3-2-4-9(8)10/h8-9H,2-6H2,1H3/t8-,9-,10-/m1/s1. The van der Waals surface area contributed by atoms with Crippen molar-refractivity contribution in [3.05, 3.63) is 0 Å². The topological polar surface area (TPSA) is 23.8 Å². The minimum absolute atomic E-state index is 0.0428. The fourth-order valence-electron chi connectivity index (χ4n) is 3.03. The second kappa shape index (κ2) is 2.24. The third-order valence-corrected chi connectivity index (χ3v) is 3.77. The third kappa shape index (κ3) is 0.888. The SMILES string of the molecule is C[C@]1(C#N)CC[C@H]2CCC[C@H]21. The van der Waals surface area contributed by atoms with E-state index < -0.39 is 0 Å². The van der Waals surface area contributed by atoms with Crippen molar-refractivity contribution in [3.8, 4) is 6.07 Å². The van der Waals surface area contributed by atoms with Gasteiger partial charge in [0.05, 0.1) is 11.5 Å². The second-order valence-corrected chi connectivity index (χ2v) is 4.37. The van der Waals surface area contributed by atoms with E-state index in [9.17, 15) is 0 Å². The lowest BCUT2D eigenvalue weighted by Gasteiger charge is -2.22. The molecule has 11 heavy (non-hydrogen) atoms. The predicted molar refractivity (Wildman–Crippen MR) is 43.8 cm³/mol. The van der Waals surface area contributed by atoms with Crippen LogP contribution in [0.25, 0.3) is 0 Å². The van der Waals surface area contributed by atoms with Gasteiger partial charge in [0.2, 0.25) is 0 Å². The van der Waals surface area contributed by atoms with Crippen LogP contribution in [0.1, 0.15) is 39.0 Å². The van der Waals surface area contributed by atoms with Gasteiger partial charge < -0.3 is 0 Å². The van der Waals surface area contributed by atoms with Crippen molar-refractivity contribution in [3.63, 3.8) is 0 Å². The average Bonchev–Trinajstić information content (AvgIpc) is 2.55. The highest BCUT2D eigenvalue weighted by atomic mass is 14.5. The molecule has 1 nitrogen and oxygen atoms in total. The summed E-state index contributed by atoms with van der Waals surface area (Å²) in [6.07, 6.45) is 6.54. The number of hydrogen-bond donors (Lipinski definition) is 0. The molecule has 2 aliphatic rings. The maximum Gasteiger partial charge on any atom is 0.0689 e. The second-order valence-electron chi connectivity index (χ2n) is 4.37. The van der Waals surface area contributed by atoms with Crippen molar-refractivity contribution >= 4 is 0 Å². The van der Waals surface area contributed by atoms with Gasteiger partial charge in [0, 0.05) is 0 Å². The molecule has 3 atom stereocenters. The minimum atomic E-state index is 0.0428. The summed E-state index contributed by atoms with van der Waals surface area (Å²) in [6.45, 7) is 2.16. The van der Waals surface area contributed by atoms with Crippen LogP contribution in [0.3, 0.4) is 0 Å². The zero-order valence-corrected chi connectivity index (χ0v) is 7.14. The summed E-state index contributed by atoms with van der Waals surface area (Å²) in [4.78, 5) is 0. The lowest BCUT2D eigenvalue weighted by Crippen LogP contribution is -2.19. The fraction of sp³-hybridized carbons (Fsp3) is 0.900. The molecule has 0 radical (unpaired) electrons. The zero-order valence-electron chi connectivity index (χ0n) is 7.14. The Morgan fingerprint density at radius 2 is 2.18 bits per heavy atom. The molecule has 0 aromatic carbocycles. The lowest BCUT2D eigenvalue weighted by atomic mass is 9.79. The van der Waals surface area contributed by atoms with Crippen LogP contribution in [0, 0.1) is 28.6 Å². The monoisotopic (exact) mass is 149 g/mol. The van der Waals surface area contributed by atoms with Crippen molar-refractivity contribution in [2.75, 3.05) is 0 Å². The van der Waals surface area contributed by atoms with E-state index in [-0.39, 0.29) is 5.41 Å². The van der Waals surface area contributed by atoms with E-state index in [1.807, 2.05) is 0 Å². The predicted octanol–water partition coefficient (Wildman–Crippen LogP) is 2.73. The molecule has 2 saturated carbocycles. The molecule has 2 rings (SSSR count). The highest BCUT2D eigenvalue weighted by Crippen LogP contribution is 2.54. The van der Waals surface area contributed by atoms with Gasteiger partial charge in [0.25, 0.3) is 0 Å². The summed E-state index contributed by atoms with van der Waals surface area (Å²) in [6, 6.07) is 2.51. The normalized spacial score (nSPS) is 48.7. The van der Waals surface area contributed by atoms with Crippen LogP contribution >= 0.6 is 0 Å². The Kier molecular flexibility index (Phi) is 1.45. The van der Waals surface area contributed by atoms with E-state index in [1.54, 1.807) is 0 Å². The number of rotatable bonds is 0. The van der Waals surface area contributed by atoms with E-state index in [1.165, 1.54) is 25.7 Å². The van der Waals surface area contributed by atoms with Crippen LogP contribution in [-0.4, -0.2) is 0 Å². The summed E-state index contributed by atoms with van der Waals surface area (Å²) in [5.74, 6) is 1.65. The molecule has 0 heterocycles. The van der Waals surface area contributed by atoms with E-state index in [4.69, 9.17) is 5.26 Å². The molecule has 0 bridgehead atoms. The van der Waals surface area contributed by atoms with Crippen molar-refractivity contribution < 1.29 is 0 Å². The molecule has 0 aliphatic heterocycles. The van der Waals surface area contributed by atoms with Crippen molar-refractivity contribution in [1.29, 1.82) is 5.26 Å². The van der Waals surface area contributed by atoms with Crippen molar-refractivity contribution in [2.24, 2.45) is 17.3 Å². The quantitative estimate of drug-likeness (QED) is 0.519. The summed E-state index contributed by atoms with van der Waals surface area (Å²) in [5, 5.41) is 9.02. The molecule has 0 saturated heterocycles. The fourth-order valence-corrected chi connectivity index (χ4v) is 3.03. The largest absolute Gasteiger partial charge is 0.198 e. The van der Waals surface area contributed by atoms with Gasteiger partial charge in [-0.15, -0.1) is 0 Å². The molecule has 0 N–H and O–H groups in total. The Bertz CT molecular complexity index is 203. The van der Waals surface area contributed by atoms with E-state index in [2.05, 4.69) is 13.0 Å². The highest BCUT2D eigenvalue weighted by Gasteiger charge is 2.47. The zero-order chi connectivity index (χ0) is 7.90. The number of hydrogen-bond acceptors (Lipinski definition) is 1. The van der Waals surface area contributed by atoms with Gasteiger partial charge in [-0.3, -0.25) is 0 Å². The Labute approximate surface area is 68.4 Å². The number of fused-ring (bicyclic) bond motifs is 1. The van der Waals surface area contributed by atoms with Gasteiger partial charge in [-0.2, -0.15) is 5.26 Å². The highest BCUT2D eigenvalue weighted by molar-refractivity contribution is 5.08. The van der Waals surface area contributed by atoms with E-state index in [0.29, 0.717) is 0 Å². The van der Waals surface area contributed by atoms with Crippen LogP contribution in [0.5, 0.6) is 0 Å². The van der Waals surface area contributed by atoms with Gasteiger partial charge in [-0.05, 0) is 38.0 Å². The molecule has 2 aliphatic carbocycles. The van der Waals surface area contributed by atoms with E-state index in [0.717, 1.165) is 18.3 Å². The smallest absolute Gasteiger partial charge is 0.0689 e. The van der Waals surface area contributed by atoms with Gasteiger partial charge in [0.1, 0.15) is 0 Å². The Morgan fingerprint density at radius 3 is 2.91 bits per heavy atom. The van der Waals surface area contributed by atoms with Crippen LogP contribution in [0.4, 0.5) is 0 Å². The van der Waals surface area contributed by atoms with Crippen molar-refractivity contribution in [2.45, 2.75) is 39.0 Å². The molecule has 0 amide bonds. The number of nitrogens with zero attached hydrogens (tertiary/aromatic N) is 1. The molecule has 0 aromatic rings. The first-order valence-electron chi connectivity index (χ1n) is 4.67. The average molecular weight is 149 g/mol. The van der Waals surface area contributed by atoms with Gasteiger partial charge in [0.15, 0.2) is 0 Å². The van der Waals surface area contributed by atoms with Gasteiger partial charge in [-0.25, -0.2) is 0 Å². The third-order valence-electron chi connectivity index (χ3n) is 3.77. The van der Waals surface area contributed by atoms with E-state index >= 15 is 0 Å². The van der Waals surface area contributed by atoms with Crippen LogP contribution < -0.4 is 0 Å². The molecule has 0 unspecified atom stereocenters. The first-order chi connectivity index (χ1) is 5.26. The Morgan fingerprint density at radius 1 is 1.36 bits per heavy atom. The molecule has 1 heteroatoms.